The molecule has 2 heterocycles. The standard InChI is InChI=1S/C25H30N4O3/c1-15-16(2)24(32-4)19(25(31)27-22-6-5-7-23(22)30)13-18(15)12-17-8-9-20(26-14-17)21-10-11-29(3)28-21/h8-11,13-14,22-23,30H,5-7,12H2,1-4H3,(H,27,31)/t22-,23-/m0/s1. The van der Waals surface area contributed by atoms with Crippen LogP contribution in [0.5, 0.6) is 5.75 Å². The van der Waals surface area contributed by atoms with Gasteiger partial charge in [-0.05, 0) is 80.0 Å². The van der Waals surface area contributed by atoms with Crippen molar-refractivity contribution in [2.45, 2.75) is 51.7 Å². The lowest BCUT2D eigenvalue weighted by molar-refractivity contribution is 0.0870. The summed E-state index contributed by atoms with van der Waals surface area (Å²) in [7, 11) is 3.47. The number of carbonyl (C=O) groups excluding carboxylic acids is 1. The number of rotatable bonds is 6. The van der Waals surface area contributed by atoms with Crippen LogP contribution in [0.25, 0.3) is 11.4 Å². The molecule has 0 radical (unpaired) electrons. The van der Waals surface area contributed by atoms with Crippen LogP contribution in [0.4, 0.5) is 0 Å². The van der Waals surface area contributed by atoms with Gasteiger partial charge in [0.2, 0.25) is 0 Å². The van der Waals surface area contributed by atoms with E-state index < -0.39 is 6.10 Å². The molecule has 4 rings (SSSR count). The van der Waals surface area contributed by atoms with Gasteiger partial charge in [0.25, 0.3) is 5.91 Å². The minimum atomic E-state index is -0.486. The zero-order valence-electron chi connectivity index (χ0n) is 19.1. The van der Waals surface area contributed by atoms with Gasteiger partial charge in [-0.15, -0.1) is 0 Å². The fourth-order valence-corrected chi connectivity index (χ4v) is 4.38. The molecule has 0 spiro atoms. The van der Waals surface area contributed by atoms with Crippen LogP contribution in [-0.2, 0) is 13.5 Å². The van der Waals surface area contributed by atoms with Crippen molar-refractivity contribution in [3.8, 4) is 17.1 Å². The van der Waals surface area contributed by atoms with E-state index in [1.807, 2.05) is 57.6 Å². The number of aromatic nitrogens is 3. The summed E-state index contributed by atoms with van der Waals surface area (Å²) in [6, 6.07) is 7.65. The van der Waals surface area contributed by atoms with E-state index in [2.05, 4.69) is 15.4 Å². The van der Waals surface area contributed by atoms with Gasteiger partial charge in [-0.2, -0.15) is 5.10 Å². The number of carbonyl (C=O) groups is 1. The van der Waals surface area contributed by atoms with E-state index >= 15 is 0 Å². The first-order chi connectivity index (χ1) is 15.4. The van der Waals surface area contributed by atoms with Gasteiger partial charge in [-0.3, -0.25) is 14.5 Å². The molecule has 1 amide bonds. The highest BCUT2D eigenvalue weighted by Crippen LogP contribution is 2.31. The van der Waals surface area contributed by atoms with Gasteiger partial charge in [-0.1, -0.05) is 6.07 Å². The first-order valence-electron chi connectivity index (χ1n) is 11.0. The molecule has 0 aliphatic heterocycles. The highest BCUT2D eigenvalue weighted by atomic mass is 16.5. The van der Waals surface area contributed by atoms with Crippen LogP contribution >= 0.6 is 0 Å². The SMILES string of the molecule is COc1c(C(=O)N[C@H]2CCC[C@@H]2O)cc(Cc2ccc(-c3ccn(C)n3)nc2)c(C)c1C. The van der Waals surface area contributed by atoms with Gasteiger partial charge in [0.15, 0.2) is 0 Å². The molecule has 1 aliphatic rings. The molecule has 0 unspecified atom stereocenters. The summed E-state index contributed by atoms with van der Waals surface area (Å²) in [6.45, 7) is 4.02. The Morgan fingerprint density at radius 2 is 2.03 bits per heavy atom. The van der Waals surface area contributed by atoms with Gasteiger partial charge in [0, 0.05) is 19.4 Å². The van der Waals surface area contributed by atoms with Crippen molar-refractivity contribution in [3.63, 3.8) is 0 Å². The molecule has 2 N–H and O–H groups in total. The maximum atomic E-state index is 13.1. The Bertz CT molecular complexity index is 1120. The molecular formula is C25H30N4O3. The summed E-state index contributed by atoms with van der Waals surface area (Å²) in [5.41, 5.74) is 6.30. The Hall–Kier alpha value is -3.19. The molecule has 2 aromatic heterocycles. The first-order valence-corrected chi connectivity index (χ1v) is 11.0. The van der Waals surface area contributed by atoms with Gasteiger partial charge < -0.3 is 15.2 Å². The lowest BCUT2D eigenvalue weighted by Crippen LogP contribution is -2.40. The normalized spacial score (nSPS) is 18.0. The number of aliphatic hydroxyl groups excluding tert-OH is 1. The summed E-state index contributed by atoms with van der Waals surface area (Å²) in [6.07, 6.45) is 6.35. The van der Waals surface area contributed by atoms with Crippen LogP contribution < -0.4 is 10.1 Å². The molecule has 0 bridgehead atoms. The molecular weight excluding hydrogens is 404 g/mol. The third kappa shape index (κ3) is 4.39. The average Bonchev–Trinajstić information content (AvgIpc) is 3.40. The van der Waals surface area contributed by atoms with Crippen molar-refractivity contribution in [2.24, 2.45) is 7.05 Å². The lowest BCUT2D eigenvalue weighted by Gasteiger charge is -2.20. The van der Waals surface area contributed by atoms with Crippen LogP contribution in [-0.4, -0.2) is 45.0 Å². The number of aryl methyl sites for hydroxylation is 1. The molecule has 3 aromatic rings. The first kappa shape index (κ1) is 22.0. The minimum absolute atomic E-state index is 0.208. The Kier molecular flexibility index (Phi) is 6.28. The highest BCUT2D eigenvalue weighted by molar-refractivity contribution is 5.98. The van der Waals surface area contributed by atoms with E-state index in [-0.39, 0.29) is 11.9 Å². The molecule has 2 atom stereocenters. The Labute approximate surface area is 188 Å². The van der Waals surface area contributed by atoms with Gasteiger partial charge in [0.05, 0.1) is 30.5 Å². The second kappa shape index (κ2) is 9.12. The van der Waals surface area contributed by atoms with E-state index in [0.29, 0.717) is 17.7 Å². The van der Waals surface area contributed by atoms with Gasteiger partial charge >= 0.3 is 0 Å². The zero-order valence-corrected chi connectivity index (χ0v) is 19.1. The van der Waals surface area contributed by atoms with E-state index in [4.69, 9.17) is 4.74 Å². The van der Waals surface area contributed by atoms with Crippen LogP contribution in [0.1, 0.15) is 51.9 Å². The number of nitrogens with one attached hydrogen (secondary N) is 1. The van der Waals surface area contributed by atoms with E-state index in [1.165, 1.54) is 0 Å². The smallest absolute Gasteiger partial charge is 0.255 e. The van der Waals surface area contributed by atoms with Crippen LogP contribution in [0, 0.1) is 13.8 Å². The number of ether oxygens (including phenoxy) is 1. The lowest BCUT2D eigenvalue weighted by atomic mass is 9.93. The Morgan fingerprint density at radius 1 is 1.22 bits per heavy atom. The second-order valence-corrected chi connectivity index (χ2v) is 8.55. The highest BCUT2D eigenvalue weighted by Gasteiger charge is 2.28. The van der Waals surface area contributed by atoms with Crippen LogP contribution in [0.15, 0.2) is 36.7 Å². The van der Waals surface area contributed by atoms with E-state index in [9.17, 15) is 9.90 Å². The number of methoxy groups -OCH3 is 1. The predicted molar refractivity (Wildman–Crippen MR) is 123 cm³/mol. The number of pyridine rings is 1. The molecule has 7 heteroatoms. The molecule has 168 valence electrons. The van der Waals surface area contributed by atoms with Crippen molar-refractivity contribution in [1.82, 2.24) is 20.1 Å². The van der Waals surface area contributed by atoms with Crippen molar-refractivity contribution >= 4 is 5.91 Å². The van der Waals surface area contributed by atoms with Crippen molar-refractivity contribution < 1.29 is 14.6 Å². The third-order valence-corrected chi connectivity index (χ3v) is 6.39. The number of hydrogen-bond acceptors (Lipinski definition) is 5. The summed E-state index contributed by atoms with van der Waals surface area (Å²) >= 11 is 0. The maximum Gasteiger partial charge on any atom is 0.255 e. The zero-order chi connectivity index (χ0) is 22.8. The summed E-state index contributed by atoms with van der Waals surface area (Å²) < 4.78 is 7.35. The molecule has 32 heavy (non-hydrogen) atoms. The molecule has 1 saturated carbocycles. The fourth-order valence-electron chi connectivity index (χ4n) is 4.38. The Morgan fingerprint density at radius 3 is 2.62 bits per heavy atom. The van der Waals surface area contributed by atoms with E-state index in [0.717, 1.165) is 52.9 Å². The fraction of sp³-hybridized carbons (Fsp3) is 0.400. The van der Waals surface area contributed by atoms with Gasteiger partial charge in [-0.25, -0.2) is 0 Å². The molecule has 7 nitrogen and oxygen atoms in total. The number of hydrogen-bond donors (Lipinski definition) is 2. The quantitative estimate of drug-likeness (QED) is 0.621. The molecule has 1 aliphatic carbocycles. The summed E-state index contributed by atoms with van der Waals surface area (Å²) in [5.74, 6) is 0.376. The number of aliphatic hydroxyl groups is 1. The van der Waals surface area contributed by atoms with Crippen molar-refractivity contribution in [1.29, 1.82) is 0 Å². The number of nitrogens with zero attached hydrogens (tertiary/aromatic N) is 3. The Balaban J connectivity index is 1.60. The monoisotopic (exact) mass is 434 g/mol. The minimum Gasteiger partial charge on any atom is -0.496 e. The topological polar surface area (TPSA) is 89.3 Å². The predicted octanol–water partition coefficient (Wildman–Crippen LogP) is 3.34. The van der Waals surface area contributed by atoms with Crippen molar-refractivity contribution in [2.75, 3.05) is 7.11 Å². The summed E-state index contributed by atoms with van der Waals surface area (Å²) in [4.78, 5) is 17.6. The summed E-state index contributed by atoms with van der Waals surface area (Å²) in [5, 5.41) is 17.5. The molecule has 1 aromatic carbocycles. The molecule has 0 saturated heterocycles. The van der Waals surface area contributed by atoms with Crippen LogP contribution in [0.2, 0.25) is 0 Å². The van der Waals surface area contributed by atoms with Crippen LogP contribution in [0.3, 0.4) is 0 Å². The van der Waals surface area contributed by atoms with E-state index in [1.54, 1.807) is 11.8 Å². The third-order valence-electron chi connectivity index (χ3n) is 6.39. The number of benzene rings is 1. The molecule has 1 fully saturated rings. The second-order valence-electron chi connectivity index (χ2n) is 8.55. The number of amides is 1. The maximum absolute atomic E-state index is 13.1. The largest absolute Gasteiger partial charge is 0.496 e. The van der Waals surface area contributed by atoms with Crippen molar-refractivity contribution in [3.05, 3.63) is 64.5 Å². The average molecular weight is 435 g/mol. The van der Waals surface area contributed by atoms with Gasteiger partial charge in [0.1, 0.15) is 11.4 Å².